The fraction of sp³-hybridized carbons (Fsp3) is 0.190. The summed E-state index contributed by atoms with van der Waals surface area (Å²) in [5.74, 6) is -0.367. The lowest BCUT2D eigenvalue weighted by atomic mass is 10.3. The Hall–Kier alpha value is -3.77. The number of benzene rings is 2. The third-order valence-corrected chi connectivity index (χ3v) is 5.51. The molecule has 2 aromatic carbocycles. The second-order valence-corrected chi connectivity index (χ2v) is 8.19. The van der Waals surface area contributed by atoms with Crippen LogP contribution in [0.25, 0.3) is 11.4 Å². The van der Waals surface area contributed by atoms with Gasteiger partial charge in [-0.15, -0.1) is 0 Å². The Morgan fingerprint density at radius 1 is 0.943 bits per heavy atom. The number of nitrogens with zero attached hydrogens (tertiary/aromatic N) is 6. The van der Waals surface area contributed by atoms with E-state index < -0.39 is 23.4 Å². The van der Waals surface area contributed by atoms with Crippen LogP contribution >= 0.6 is 23.2 Å². The lowest BCUT2D eigenvalue weighted by molar-refractivity contribution is 0.239. The van der Waals surface area contributed by atoms with E-state index in [-0.39, 0.29) is 34.6 Å². The number of halogens is 4. The predicted octanol–water partition coefficient (Wildman–Crippen LogP) is 3.04. The molecule has 0 aliphatic rings. The molecule has 14 heteroatoms. The van der Waals surface area contributed by atoms with Crippen molar-refractivity contribution in [2.75, 3.05) is 0 Å². The molecule has 10 nitrogen and oxygen atoms in total. The molecular formula is C21H18Cl2F2N8O2. The maximum atomic E-state index is 13.9. The molecule has 0 radical (unpaired) electrons. The average Bonchev–Trinajstić information content (AvgIpc) is 3.33. The van der Waals surface area contributed by atoms with E-state index in [9.17, 15) is 18.4 Å². The summed E-state index contributed by atoms with van der Waals surface area (Å²) in [5, 5.41) is 13.4. The van der Waals surface area contributed by atoms with E-state index in [1.54, 1.807) is 13.0 Å². The van der Waals surface area contributed by atoms with Crippen LogP contribution in [-0.4, -0.2) is 35.1 Å². The predicted molar refractivity (Wildman–Crippen MR) is 124 cm³/mol. The van der Waals surface area contributed by atoms with Gasteiger partial charge in [-0.05, 0) is 37.3 Å². The summed E-state index contributed by atoms with van der Waals surface area (Å²) in [4.78, 5) is 29.2. The smallest absolute Gasteiger partial charge is 0.331 e. The van der Waals surface area contributed by atoms with E-state index >= 15 is 0 Å². The van der Waals surface area contributed by atoms with Gasteiger partial charge in [0.15, 0.2) is 11.6 Å². The molecule has 4 aromatic rings. The third-order valence-electron chi connectivity index (χ3n) is 4.89. The molecule has 0 bridgehead atoms. The fourth-order valence-electron chi connectivity index (χ4n) is 3.29. The van der Waals surface area contributed by atoms with Crippen LogP contribution in [0.2, 0.25) is 10.0 Å². The normalized spacial score (nSPS) is 11.0. The Balaban J connectivity index is 1.46. The standard InChI is InChI=1S/C21H18Cl2F2N8O2/c1-11-28-18(33(29-11)13-4-6-15(23)17(25)8-13)9-26-20(34)27-10-19-30-31(2)21(35)32(19)12-3-5-14(22)16(24)7-12/h3-8H,9-10H2,1-2H3,(H2,26,27,34). The zero-order valence-electron chi connectivity index (χ0n) is 18.4. The van der Waals surface area contributed by atoms with Crippen molar-refractivity contribution in [2.24, 2.45) is 7.05 Å². The van der Waals surface area contributed by atoms with Gasteiger partial charge in [-0.1, -0.05) is 23.2 Å². The monoisotopic (exact) mass is 522 g/mol. The zero-order chi connectivity index (χ0) is 25.3. The first-order valence-electron chi connectivity index (χ1n) is 10.1. The highest BCUT2D eigenvalue weighted by Crippen LogP contribution is 2.19. The van der Waals surface area contributed by atoms with Crippen molar-refractivity contribution in [1.82, 2.24) is 39.7 Å². The van der Waals surface area contributed by atoms with Gasteiger partial charge in [0, 0.05) is 13.1 Å². The molecule has 0 saturated heterocycles. The third kappa shape index (κ3) is 5.17. The summed E-state index contributed by atoms with van der Waals surface area (Å²) in [5.41, 5.74) is 0.0705. The lowest BCUT2D eigenvalue weighted by Gasteiger charge is -2.10. The maximum absolute atomic E-state index is 13.9. The van der Waals surface area contributed by atoms with Gasteiger partial charge in [0.05, 0.1) is 34.5 Å². The Morgan fingerprint density at radius 3 is 2.14 bits per heavy atom. The van der Waals surface area contributed by atoms with Crippen molar-refractivity contribution in [3.8, 4) is 11.4 Å². The first kappa shape index (κ1) is 24.4. The van der Waals surface area contributed by atoms with Gasteiger partial charge in [0.1, 0.15) is 17.5 Å². The van der Waals surface area contributed by atoms with Crippen molar-refractivity contribution in [2.45, 2.75) is 20.0 Å². The van der Waals surface area contributed by atoms with Gasteiger partial charge in [0.25, 0.3) is 0 Å². The molecule has 182 valence electrons. The molecule has 0 aliphatic heterocycles. The highest BCUT2D eigenvalue weighted by atomic mass is 35.5. The first-order chi connectivity index (χ1) is 16.6. The largest absolute Gasteiger partial charge is 0.350 e. The van der Waals surface area contributed by atoms with Crippen LogP contribution in [0.1, 0.15) is 17.5 Å². The highest BCUT2D eigenvalue weighted by Gasteiger charge is 2.16. The molecule has 0 atom stereocenters. The quantitative estimate of drug-likeness (QED) is 0.404. The Bertz CT molecular complexity index is 1480. The molecule has 2 heterocycles. The van der Waals surface area contributed by atoms with E-state index in [1.165, 1.54) is 36.0 Å². The molecule has 0 aliphatic carbocycles. The molecule has 4 rings (SSSR count). The SMILES string of the molecule is Cc1nc(CNC(=O)NCc2nn(C)c(=O)n2-c2ccc(Cl)c(F)c2)n(-c2ccc(Cl)c(F)c2)n1. The van der Waals surface area contributed by atoms with E-state index in [4.69, 9.17) is 23.2 Å². The Kier molecular flexibility index (Phi) is 6.85. The Morgan fingerprint density at radius 2 is 1.51 bits per heavy atom. The number of nitrogens with one attached hydrogen (secondary N) is 2. The van der Waals surface area contributed by atoms with Crippen molar-refractivity contribution in [1.29, 1.82) is 0 Å². The number of urea groups is 1. The number of aryl methyl sites for hydroxylation is 2. The summed E-state index contributed by atoms with van der Waals surface area (Å²) in [6.07, 6.45) is 0. The summed E-state index contributed by atoms with van der Waals surface area (Å²) < 4.78 is 31.4. The van der Waals surface area contributed by atoms with Crippen molar-refractivity contribution < 1.29 is 13.6 Å². The minimum absolute atomic E-state index is 0.0287. The number of aromatic nitrogens is 6. The summed E-state index contributed by atoms with van der Waals surface area (Å²) in [6.45, 7) is 1.49. The van der Waals surface area contributed by atoms with Crippen LogP contribution in [0.5, 0.6) is 0 Å². The number of carbonyl (C=O) groups excluding carboxylic acids is 1. The van der Waals surface area contributed by atoms with E-state index in [0.717, 1.165) is 15.3 Å². The summed E-state index contributed by atoms with van der Waals surface area (Å²) in [7, 11) is 1.43. The van der Waals surface area contributed by atoms with E-state index in [1.807, 2.05) is 0 Å². The van der Waals surface area contributed by atoms with Crippen LogP contribution in [0, 0.1) is 18.6 Å². The van der Waals surface area contributed by atoms with Gasteiger partial charge in [-0.25, -0.2) is 37.3 Å². The molecule has 2 aromatic heterocycles. The first-order valence-corrected chi connectivity index (χ1v) is 10.9. The number of hydrogen-bond acceptors (Lipinski definition) is 5. The number of rotatable bonds is 6. The van der Waals surface area contributed by atoms with Gasteiger partial charge in [-0.3, -0.25) is 0 Å². The molecule has 0 saturated carbocycles. The van der Waals surface area contributed by atoms with Crippen molar-refractivity contribution in [3.63, 3.8) is 0 Å². The second-order valence-electron chi connectivity index (χ2n) is 7.38. The van der Waals surface area contributed by atoms with E-state index in [0.29, 0.717) is 17.3 Å². The minimum Gasteiger partial charge on any atom is -0.331 e. The van der Waals surface area contributed by atoms with Crippen LogP contribution in [-0.2, 0) is 20.1 Å². The average molecular weight is 523 g/mol. The van der Waals surface area contributed by atoms with Gasteiger partial charge < -0.3 is 10.6 Å². The Labute approximate surface area is 207 Å². The number of carbonyl (C=O) groups is 1. The van der Waals surface area contributed by atoms with Crippen LogP contribution < -0.4 is 16.3 Å². The molecule has 2 N–H and O–H groups in total. The minimum atomic E-state index is -0.698. The second kappa shape index (κ2) is 9.84. The zero-order valence-corrected chi connectivity index (χ0v) is 19.9. The molecule has 2 amide bonds. The van der Waals surface area contributed by atoms with Gasteiger partial charge >= 0.3 is 11.7 Å². The van der Waals surface area contributed by atoms with Crippen molar-refractivity contribution >= 4 is 29.2 Å². The van der Waals surface area contributed by atoms with Crippen LogP contribution in [0.4, 0.5) is 13.6 Å². The number of amides is 2. The molecule has 0 unspecified atom stereocenters. The number of hydrogen-bond donors (Lipinski definition) is 2. The van der Waals surface area contributed by atoms with Crippen LogP contribution in [0.3, 0.4) is 0 Å². The molecule has 35 heavy (non-hydrogen) atoms. The summed E-state index contributed by atoms with van der Waals surface area (Å²) >= 11 is 11.5. The van der Waals surface area contributed by atoms with Gasteiger partial charge in [0.2, 0.25) is 0 Å². The van der Waals surface area contributed by atoms with Crippen LogP contribution in [0.15, 0.2) is 41.2 Å². The van der Waals surface area contributed by atoms with E-state index in [2.05, 4.69) is 25.8 Å². The summed E-state index contributed by atoms with van der Waals surface area (Å²) in [6, 6.07) is 7.47. The molecule has 0 fully saturated rings. The lowest BCUT2D eigenvalue weighted by Crippen LogP contribution is -2.36. The molecule has 0 spiro atoms. The highest BCUT2D eigenvalue weighted by molar-refractivity contribution is 6.31. The van der Waals surface area contributed by atoms with Gasteiger partial charge in [-0.2, -0.15) is 10.2 Å². The topological polar surface area (TPSA) is 112 Å². The molecular weight excluding hydrogens is 505 g/mol. The van der Waals surface area contributed by atoms with Crippen molar-refractivity contribution in [3.05, 3.63) is 86.0 Å². The maximum Gasteiger partial charge on any atom is 0.350 e. The fourth-order valence-corrected chi connectivity index (χ4v) is 3.53.